The number of rotatable bonds is 11. The van der Waals surface area contributed by atoms with Gasteiger partial charge in [-0.3, -0.25) is 24.0 Å². The number of aliphatic hydroxyl groups is 1. The van der Waals surface area contributed by atoms with Crippen molar-refractivity contribution in [3.8, 4) is 11.1 Å². The predicted molar refractivity (Wildman–Crippen MR) is 150 cm³/mol. The first kappa shape index (κ1) is 28.5. The average molecular weight is 561 g/mol. The quantitative estimate of drug-likeness (QED) is 0.261. The first-order valence-electron chi connectivity index (χ1n) is 14.2. The molecule has 4 amide bonds. The molecule has 5 N–H and O–H groups in total. The fourth-order valence-corrected chi connectivity index (χ4v) is 5.72. The Morgan fingerprint density at radius 1 is 0.927 bits per heavy atom. The second-order valence-electron chi connectivity index (χ2n) is 11.6. The van der Waals surface area contributed by atoms with Gasteiger partial charge in [-0.05, 0) is 49.1 Å². The highest BCUT2D eigenvalue weighted by molar-refractivity contribution is 6.38. The summed E-state index contributed by atoms with van der Waals surface area (Å²) in [4.78, 5) is 65.5. The van der Waals surface area contributed by atoms with E-state index in [9.17, 15) is 29.1 Å². The summed E-state index contributed by atoms with van der Waals surface area (Å²) in [6, 6.07) is 11.8. The van der Waals surface area contributed by atoms with E-state index in [2.05, 4.69) is 21.3 Å². The summed E-state index contributed by atoms with van der Waals surface area (Å²) in [5, 5.41) is 22.7. The summed E-state index contributed by atoms with van der Waals surface area (Å²) < 4.78 is 0. The van der Waals surface area contributed by atoms with Gasteiger partial charge in [0.1, 0.15) is 6.04 Å². The zero-order valence-corrected chi connectivity index (χ0v) is 23.2. The van der Waals surface area contributed by atoms with E-state index in [1.54, 1.807) is 24.3 Å². The van der Waals surface area contributed by atoms with Crippen LogP contribution in [0.2, 0.25) is 0 Å². The van der Waals surface area contributed by atoms with Crippen LogP contribution < -0.4 is 21.3 Å². The normalized spacial score (nSPS) is 19.9. The van der Waals surface area contributed by atoms with Crippen molar-refractivity contribution in [3.63, 3.8) is 0 Å². The van der Waals surface area contributed by atoms with Gasteiger partial charge in [-0.15, -0.1) is 0 Å². The number of amides is 4. The van der Waals surface area contributed by atoms with Crippen molar-refractivity contribution in [1.82, 2.24) is 21.3 Å². The minimum atomic E-state index is -2.02. The molecule has 1 aliphatic heterocycles. The Morgan fingerprint density at radius 3 is 2.07 bits per heavy atom. The second kappa shape index (κ2) is 11.4. The van der Waals surface area contributed by atoms with Gasteiger partial charge in [0, 0.05) is 29.6 Å². The average Bonchev–Trinajstić information content (AvgIpc) is 3.62. The maximum absolute atomic E-state index is 13.8. The molecule has 10 nitrogen and oxygen atoms in total. The molecule has 10 heteroatoms. The fraction of sp³-hybridized carbons (Fsp3) is 0.452. The van der Waals surface area contributed by atoms with Crippen molar-refractivity contribution in [2.24, 2.45) is 11.8 Å². The van der Waals surface area contributed by atoms with Crippen molar-refractivity contribution in [3.05, 3.63) is 59.7 Å². The van der Waals surface area contributed by atoms with Crippen LogP contribution in [0.15, 0.2) is 48.5 Å². The fourth-order valence-electron chi connectivity index (χ4n) is 5.72. The third-order valence-corrected chi connectivity index (χ3v) is 8.03. The third kappa shape index (κ3) is 5.74. The molecule has 3 atom stereocenters. The van der Waals surface area contributed by atoms with E-state index in [-0.39, 0.29) is 30.7 Å². The highest BCUT2D eigenvalue weighted by Crippen LogP contribution is 2.47. The molecule has 0 aromatic heterocycles. The molecule has 0 unspecified atom stereocenters. The second-order valence-corrected chi connectivity index (χ2v) is 11.6. The number of hydrogen-bond donors (Lipinski definition) is 5. The van der Waals surface area contributed by atoms with Crippen LogP contribution in [0, 0.1) is 11.8 Å². The summed E-state index contributed by atoms with van der Waals surface area (Å²) in [6.45, 7) is 4.23. The van der Waals surface area contributed by atoms with Crippen LogP contribution in [0.1, 0.15) is 57.1 Å². The van der Waals surface area contributed by atoms with Crippen molar-refractivity contribution < 1.29 is 29.1 Å². The first-order valence-corrected chi connectivity index (χ1v) is 14.2. The number of benzene rings is 2. The number of ketones is 1. The molecule has 2 fully saturated rings. The van der Waals surface area contributed by atoms with E-state index in [4.69, 9.17) is 0 Å². The van der Waals surface area contributed by atoms with Crippen LogP contribution in [0.4, 0.5) is 0 Å². The van der Waals surface area contributed by atoms with Gasteiger partial charge in [-0.25, -0.2) is 0 Å². The number of carbonyl (C=O) groups excluding carboxylic acids is 5. The zero-order chi connectivity index (χ0) is 29.3. The summed E-state index contributed by atoms with van der Waals surface area (Å²) in [7, 11) is 0. The first-order chi connectivity index (χ1) is 19.6. The van der Waals surface area contributed by atoms with Crippen molar-refractivity contribution in [2.45, 2.75) is 69.7 Å². The van der Waals surface area contributed by atoms with Crippen LogP contribution in [-0.2, 0) is 29.6 Å². The summed E-state index contributed by atoms with van der Waals surface area (Å²) >= 11 is 0. The Hall–Kier alpha value is -4.05. The summed E-state index contributed by atoms with van der Waals surface area (Å²) in [5.41, 5.74) is 0.267. The number of nitrogens with one attached hydrogen (secondary N) is 4. The van der Waals surface area contributed by atoms with Gasteiger partial charge in [0.2, 0.25) is 17.6 Å². The van der Waals surface area contributed by atoms with Gasteiger partial charge >= 0.3 is 0 Å². The van der Waals surface area contributed by atoms with Crippen molar-refractivity contribution >= 4 is 29.4 Å². The highest BCUT2D eigenvalue weighted by Gasteiger charge is 2.48. The third-order valence-electron chi connectivity index (χ3n) is 8.03. The van der Waals surface area contributed by atoms with E-state index < -0.39 is 47.1 Å². The molecule has 2 aromatic rings. The monoisotopic (exact) mass is 560 g/mol. The Morgan fingerprint density at radius 2 is 1.54 bits per heavy atom. The number of Topliss-reactive ketones (excluding diaryl/α,β-unsaturated/α-hetero) is 1. The molecule has 216 valence electrons. The van der Waals surface area contributed by atoms with E-state index in [1.807, 2.05) is 38.1 Å². The topological polar surface area (TPSA) is 154 Å². The Bertz CT molecular complexity index is 1340. The molecule has 2 aromatic carbocycles. The lowest BCUT2D eigenvalue weighted by molar-refractivity contribution is -0.142. The molecule has 3 aliphatic rings. The number of fused-ring (bicyclic) bond motifs is 3. The maximum atomic E-state index is 13.8. The molecular formula is C31H36N4O6. The molecule has 0 bridgehead atoms. The Kier molecular flexibility index (Phi) is 7.95. The molecule has 1 saturated heterocycles. The van der Waals surface area contributed by atoms with Crippen LogP contribution in [0.5, 0.6) is 0 Å². The van der Waals surface area contributed by atoms with Crippen molar-refractivity contribution in [1.29, 1.82) is 0 Å². The highest BCUT2D eigenvalue weighted by atomic mass is 16.3. The summed E-state index contributed by atoms with van der Waals surface area (Å²) in [6.07, 6.45) is 2.26. The van der Waals surface area contributed by atoms with Crippen molar-refractivity contribution in [2.75, 3.05) is 6.54 Å². The minimum absolute atomic E-state index is 0.0263. The number of carbonyl (C=O) groups is 5. The predicted octanol–water partition coefficient (Wildman–Crippen LogP) is 1.29. The lowest BCUT2D eigenvalue weighted by Gasteiger charge is -2.29. The van der Waals surface area contributed by atoms with Gasteiger partial charge < -0.3 is 26.4 Å². The van der Waals surface area contributed by atoms with E-state index >= 15 is 0 Å². The molecule has 41 heavy (non-hydrogen) atoms. The molecule has 0 spiro atoms. The lowest BCUT2D eigenvalue weighted by atomic mass is 9.89. The minimum Gasteiger partial charge on any atom is -0.372 e. The molecule has 1 heterocycles. The molecule has 2 aliphatic carbocycles. The van der Waals surface area contributed by atoms with E-state index in [1.165, 1.54) is 0 Å². The number of hydrogen-bond acceptors (Lipinski definition) is 6. The van der Waals surface area contributed by atoms with E-state index in [0.717, 1.165) is 24.0 Å². The van der Waals surface area contributed by atoms with Gasteiger partial charge in [0.15, 0.2) is 5.60 Å². The Balaban J connectivity index is 1.38. The van der Waals surface area contributed by atoms with Gasteiger partial charge in [0.05, 0.1) is 6.04 Å². The molecule has 5 rings (SSSR count). The van der Waals surface area contributed by atoms with Crippen LogP contribution in [-0.4, -0.2) is 59.2 Å². The van der Waals surface area contributed by atoms with Crippen LogP contribution >= 0.6 is 0 Å². The maximum Gasteiger partial charge on any atom is 0.289 e. The Labute approximate surface area is 238 Å². The smallest absolute Gasteiger partial charge is 0.289 e. The largest absolute Gasteiger partial charge is 0.372 e. The standard InChI is InChI=1S/C31H36N4O6/c1-17(2)15-25(35-30(40)31(41)22-9-5-3-7-20(22)21-8-4-6-10-23(21)31)28(38)34-24(16-18-13-14-32-27(18)37)26(36)29(39)33-19-11-12-19/h3-10,17-19,24-25,41H,11-16H2,1-2H3,(H,32,37)(H,33,39)(H,34,38)(H,35,40)/t18-,24-,25-/m0/s1. The van der Waals surface area contributed by atoms with Gasteiger partial charge in [-0.2, -0.15) is 0 Å². The molecule has 0 radical (unpaired) electrons. The molecule has 1 saturated carbocycles. The van der Waals surface area contributed by atoms with Crippen LogP contribution in [0.25, 0.3) is 11.1 Å². The van der Waals surface area contributed by atoms with E-state index in [0.29, 0.717) is 24.1 Å². The van der Waals surface area contributed by atoms with Crippen LogP contribution in [0.3, 0.4) is 0 Å². The summed E-state index contributed by atoms with van der Waals surface area (Å²) in [5.74, 6) is -3.83. The van der Waals surface area contributed by atoms with Gasteiger partial charge in [0.25, 0.3) is 11.8 Å². The SMILES string of the molecule is CC(C)C[C@H](NC(=O)C1(O)c2ccccc2-c2ccccc21)C(=O)N[C@@H](C[C@@H]1CCNC1=O)C(=O)C(=O)NC1CC1. The lowest BCUT2D eigenvalue weighted by Crippen LogP contribution is -2.57. The molecular weight excluding hydrogens is 524 g/mol. The van der Waals surface area contributed by atoms with Gasteiger partial charge in [-0.1, -0.05) is 62.4 Å². The zero-order valence-electron chi connectivity index (χ0n) is 23.2.